The number of hydrogen-bond acceptors (Lipinski definition) is 6. The van der Waals surface area contributed by atoms with Crippen LogP contribution in [0.2, 0.25) is 0 Å². The number of hydrogen-bond donors (Lipinski definition) is 3. The minimum atomic E-state index is -0.561. The van der Waals surface area contributed by atoms with Gasteiger partial charge in [-0.25, -0.2) is 0 Å². The van der Waals surface area contributed by atoms with Gasteiger partial charge in [0.25, 0.3) is 0 Å². The zero-order chi connectivity index (χ0) is 22.3. The Morgan fingerprint density at radius 1 is 1.26 bits per heavy atom. The van der Waals surface area contributed by atoms with E-state index in [0.717, 1.165) is 24.3 Å². The summed E-state index contributed by atoms with van der Waals surface area (Å²) in [7, 11) is 0. The van der Waals surface area contributed by atoms with E-state index in [-0.39, 0.29) is 23.3 Å². The smallest absolute Gasteiger partial charge is 0.249 e. The number of benzene rings is 1. The minimum Gasteiger partial charge on any atom is -0.349 e. The van der Waals surface area contributed by atoms with Crippen LogP contribution in [-0.4, -0.2) is 34.1 Å². The number of aromatic nitrogens is 2. The number of amides is 2. The molecule has 0 aliphatic heterocycles. The molecular formula is C23H31N5O2S. The predicted molar refractivity (Wildman–Crippen MR) is 124 cm³/mol. The summed E-state index contributed by atoms with van der Waals surface area (Å²) >= 11 is 1.43. The van der Waals surface area contributed by atoms with E-state index >= 15 is 0 Å². The van der Waals surface area contributed by atoms with Crippen LogP contribution in [0.5, 0.6) is 0 Å². The van der Waals surface area contributed by atoms with Crippen molar-refractivity contribution < 1.29 is 9.59 Å². The largest absolute Gasteiger partial charge is 0.349 e. The van der Waals surface area contributed by atoms with Crippen LogP contribution in [0, 0.1) is 0 Å². The number of rotatable bonds is 10. The van der Waals surface area contributed by atoms with Gasteiger partial charge in [-0.05, 0) is 37.7 Å². The van der Waals surface area contributed by atoms with E-state index in [9.17, 15) is 9.59 Å². The van der Waals surface area contributed by atoms with Crippen LogP contribution in [0.25, 0.3) is 0 Å². The van der Waals surface area contributed by atoms with Crippen LogP contribution in [0.4, 0.5) is 5.13 Å². The Hall–Kier alpha value is -2.58. The van der Waals surface area contributed by atoms with E-state index in [1.807, 2.05) is 37.3 Å². The van der Waals surface area contributed by atoms with E-state index in [4.69, 9.17) is 5.73 Å². The highest BCUT2D eigenvalue weighted by Gasteiger charge is 2.37. The van der Waals surface area contributed by atoms with Crippen LogP contribution in [0.3, 0.4) is 0 Å². The van der Waals surface area contributed by atoms with Gasteiger partial charge in [-0.15, -0.1) is 10.2 Å². The molecule has 1 aromatic carbocycles. The van der Waals surface area contributed by atoms with Gasteiger partial charge in [0.15, 0.2) is 0 Å². The fraction of sp³-hybridized carbons (Fsp3) is 0.478. The Bertz CT molecular complexity index is 908. The zero-order valence-electron chi connectivity index (χ0n) is 18.1. The Balaban J connectivity index is 1.59. The molecule has 0 spiro atoms. The van der Waals surface area contributed by atoms with Crippen molar-refractivity contribution in [3.8, 4) is 0 Å². The lowest BCUT2D eigenvalue weighted by molar-refractivity contribution is -0.123. The monoisotopic (exact) mass is 441 g/mol. The van der Waals surface area contributed by atoms with E-state index < -0.39 is 6.04 Å². The molecule has 166 valence electrons. The van der Waals surface area contributed by atoms with E-state index in [1.54, 1.807) is 6.08 Å². The maximum absolute atomic E-state index is 12.4. The highest BCUT2D eigenvalue weighted by molar-refractivity contribution is 7.15. The molecule has 4 N–H and O–H groups in total. The predicted octanol–water partition coefficient (Wildman–Crippen LogP) is 3.33. The molecule has 0 radical (unpaired) electrons. The third-order valence-corrected chi connectivity index (χ3v) is 6.94. The molecule has 1 aliphatic rings. The van der Waals surface area contributed by atoms with Gasteiger partial charge >= 0.3 is 0 Å². The van der Waals surface area contributed by atoms with Crippen molar-refractivity contribution in [2.75, 3.05) is 5.32 Å². The molecule has 1 aliphatic carbocycles. The lowest BCUT2D eigenvalue weighted by atomic mass is 9.71. The summed E-state index contributed by atoms with van der Waals surface area (Å²) in [6.45, 7) is 4.05. The van der Waals surface area contributed by atoms with Gasteiger partial charge in [-0.2, -0.15) is 0 Å². The quantitative estimate of drug-likeness (QED) is 0.490. The summed E-state index contributed by atoms with van der Waals surface area (Å²) in [5.74, 6) is -0.506. The van der Waals surface area contributed by atoms with Crippen molar-refractivity contribution in [3.05, 3.63) is 53.1 Å². The summed E-state index contributed by atoms with van der Waals surface area (Å²) in [6, 6.07) is 9.17. The molecule has 2 amide bonds. The summed E-state index contributed by atoms with van der Waals surface area (Å²) in [5.41, 5.74) is 7.12. The van der Waals surface area contributed by atoms with Crippen molar-refractivity contribution in [2.45, 2.75) is 69.9 Å². The zero-order valence-corrected chi connectivity index (χ0v) is 19.0. The number of carbonyl (C=O) groups is 2. The fourth-order valence-corrected chi connectivity index (χ4v) is 4.40. The van der Waals surface area contributed by atoms with Crippen molar-refractivity contribution in [1.82, 2.24) is 15.5 Å². The molecule has 2 atom stereocenters. The SMILES string of the molecule is CC[C@H](N)C(=O)N[C@H](C=CC(=O)Nc1nnc(C2(C)CCC2)s1)CCc1ccccc1. The molecule has 0 bridgehead atoms. The third kappa shape index (κ3) is 6.45. The second kappa shape index (κ2) is 10.6. The van der Waals surface area contributed by atoms with Crippen molar-refractivity contribution in [2.24, 2.45) is 5.73 Å². The molecule has 1 aromatic heterocycles. The Labute approximate surface area is 187 Å². The van der Waals surface area contributed by atoms with Gasteiger partial charge in [-0.1, -0.05) is 68.0 Å². The summed E-state index contributed by atoms with van der Waals surface area (Å²) in [6.07, 6.45) is 8.58. The number of aryl methyl sites for hydroxylation is 1. The van der Waals surface area contributed by atoms with E-state index in [0.29, 0.717) is 18.0 Å². The summed E-state index contributed by atoms with van der Waals surface area (Å²) < 4.78 is 0. The average molecular weight is 442 g/mol. The number of nitrogens with two attached hydrogens (primary N) is 1. The molecular weight excluding hydrogens is 410 g/mol. The van der Waals surface area contributed by atoms with Gasteiger partial charge in [0, 0.05) is 17.5 Å². The molecule has 1 heterocycles. The first kappa shape index (κ1) is 23.1. The number of carbonyl (C=O) groups excluding carboxylic acids is 2. The van der Waals surface area contributed by atoms with Crippen LogP contribution in [0.15, 0.2) is 42.5 Å². The maximum Gasteiger partial charge on any atom is 0.249 e. The first-order valence-electron chi connectivity index (χ1n) is 10.8. The number of nitrogens with zero attached hydrogens (tertiary/aromatic N) is 2. The van der Waals surface area contributed by atoms with Crippen molar-refractivity contribution in [1.29, 1.82) is 0 Å². The Morgan fingerprint density at radius 2 is 2.00 bits per heavy atom. The first-order chi connectivity index (χ1) is 14.9. The van der Waals surface area contributed by atoms with Crippen molar-refractivity contribution >= 4 is 28.3 Å². The highest BCUT2D eigenvalue weighted by atomic mass is 32.1. The molecule has 31 heavy (non-hydrogen) atoms. The first-order valence-corrected chi connectivity index (χ1v) is 11.6. The van der Waals surface area contributed by atoms with Crippen LogP contribution in [-0.2, 0) is 21.4 Å². The molecule has 2 aromatic rings. The summed E-state index contributed by atoms with van der Waals surface area (Å²) in [4.78, 5) is 24.7. The molecule has 8 heteroatoms. The van der Waals surface area contributed by atoms with Gasteiger partial charge in [0.2, 0.25) is 16.9 Å². The molecule has 7 nitrogen and oxygen atoms in total. The molecule has 0 unspecified atom stereocenters. The highest BCUT2D eigenvalue weighted by Crippen LogP contribution is 2.44. The van der Waals surface area contributed by atoms with E-state index in [1.165, 1.54) is 29.4 Å². The maximum atomic E-state index is 12.4. The number of anilines is 1. The van der Waals surface area contributed by atoms with Crippen molar-refractivity contribution in [3.63, 3.8) is 0 Å². The van der Waals surface area contributed by atoms with Crippen LogP contribution in [0.1, 0.15) is 56.5 Å². The van der Waals surface area contributed by atoms with Crippen LogP contribution >= 0.6 is 11.3 Å². The molecule has 3 rings (SSSR count). The normalized spacial score (nSPS) is 17.0. The molecule has 1 fully saturated rings. The minimum absolute atomic E-state index is 0.0986. The third-order valence-electron chi connectivity index (χ3n) is 5.80. The second-order valence-corrected chi connectivity index (χ2v) is 9.31. The van der Waals surface area contributed by atoms with Gasteiger partial charge < -0.3 is 11.1 Å². The van der Waals surface area contributed by atoms with Gasteiger partial charge in [-0.3, -0.25) is 14.9 Å². The second-order valence-electron chi connectivity index (χ2n) is 8.33. The molecule has 1 saturated carbocycles. The van der Waals surface area contributed by atoms with Crippen LogP contribution < -0.4 is 16.4 Å². The van der Waals surface area contributed by atoms with Gasteiger partial charge in [0.1, 0.15) is 5.01 Å². The van der Waals surface area contributed by atoms with E-state index in [2.05, 4.69) is 27.8 Å². The average Bonchev–Trinajstić information content (AvgIpc) is 3.22. The standard InChI is InChI=1S/C23H31N5O2S/c1-3-18(24)20(30)25-17(11-10-16-8-5-4-6-9-16)12-13-19(29)26-22-28-27-21(31-22)23(2)14-7-15-23/h4-6,8-9,12-13,17-18H,3,7,10-11,14-15,24H2,1-2H3,(H,25,30)(H,26,28,29)/t17-,18-/m0/s1. The summed E-state index contributed by atoms with van der Waals surface area (Å²) in [5, 5.41) is 15.5. The topological polar surface area (TPSA) is 110 Å². The molecule has 0 saturated heterocycles. The Kier molecular flexibility index (Phi) is 7.92. The lowest BCUT2D eigenvalue weighted by Crippen LogP contribution is -2.44. The Morgan fingerprint density at radius 3 is 2.65 bits per heavy atom. The number of nitrogens with one attached hydrogen (secondary N) is 2. The fourth-order valence-electron chi connectivity index (χ4n) is 3.45. The van der Waals surface area contributed by atoms with Gasteiger partial charge in [0.05, 0.1) is 6.04 Å². The lowest BCUT2D eigenvalue weighted by Gasteiger charge is -2.35.